The minimum absolute atomic E-state index is 0.183. The van der Waals surface area contributed by atoms with Gasteiger partial charge in [-0.25, -0.2) is 9.78 Å². The first-order valence-electron chi connectivity index (χ1n) is 3.06. The minimum Gasteiger partial charge on any atom is -0.475 e. The number of carboxylic acids is 1. The van der Waals surface area contributed by atoms with Gasteiger partial charge in [0.25, 0.3) is 0 Å². The van der Waals surface area contributed by atoms with Crippen LogP contribution in [0.15, 0.2) is 10.6 Å². The minimum atomic E-state index is -1.13. The van der Waals surface area contributed by atoms with Gasteiger partial charge in [-0.3, -0.25) is 0 Å². The summed E-state index contributed by atoms with van der Waals surface area (Å²) < 4.78 is 4.77. The van der Waals surface area contributed by atoms with Crippen molar-refractivity contribution in [3.8, 4) is 0 Å². The lowest BCUT2D eigenvalue weighted by atomic mass is 10.4. The van der Waals surface area contributed by atoms with Crippen LogP contribution in [0.2, 0.25) is 0 Å². The first-order chi connectivity index (χ1) is 5.11. The fourth-order valence-corrected chi connectivity index (χ4v) is 0.597. The summed E-state index contributed by atoms with van der Waals surface area (Å²) in [5.41, 5.74) is 5.38. The maximum atomic E-state index is 10.3. The smallest absolute Gasteiger partial charge is 0.373 e. The number of carboxylic acid groups (broad SMARTS) is 1. The summed E-state index contributed by atoms with van der Waals surface area (Å²) in [6.07, 6.45) is 1.14. The highest BCUT2D eigenvalue weighted by Crippen LogP contribution is 2.09. The molecule has 5 nitrogen and oxygen atoms in total. The van der Waals surface area contributed by atoms with Gasteiger partial charge in [0.05, 0.1) is 12.2 Å². The Labute approximate surface area is 62.8 Å². The van der Waals surface area contributed by atoms with E-state index in [0.29, 0.717) is 0 Å². The third kappa shape index (κ3) is 1.56. The van der Waals surface area contributed by atoms with E-state index in [9.17, 15) is 4.79 Å². The van der Waals surface area contributed by atoms with Gasteiger partial charge in [0.1, 0.15) is 0 Å². The van der Waals surface area contributed by atoms with Gasteiger partial charge >= 0.3 is 5.97 Å². The molecule has 0 aromatic carbocycles. The molecule has 1 rings (SSSR count). The van der Waals surface area contributed by atoms with E-state index in [1.165, 1.54) is 0 Å². The number of aromatic carboxylic acids is 1. The lowest BCUT2D eigenvalue weighted by Crippen LogP contribution is -2.04. The number of nitrogens with zero attached hydrogens (tertiary/aromatic N) is 1. The molecule has 0 aliphatic rings. The van der Waals surface area contributed by atoms with E-state index < -0.39 is 5.97 Å². The number of oxazole rings is 1. The zero-order valence-corrected chi connectivity index (χ0v) is 5.94. The Morgan fingerprint density at radius 2 is 2.55 bits per heavy atom. The SMILES string of the molecule is CC(N)c1ncc(C(=O)O)o1. The highest BCUT2D eigenvalue weighted by atomic mass is 16.4. The van der Waals surface area contributed by atoms with E-state index >= 15 is 0 Å². The van der Waals surface area contributed by atoms with Crippen LogP contribution in [0.3, 0.4) is 0 Å². The Hall–Kier alpha value is -1.36. The van der Waals surface area contributed by atoms with Crippen LogP contribution >= 0.6 is 0 Å². The van der Waals surface area contributed by atoms with E-state index in [-0.39, 0.29) is 17.7 Å². The van der Waals surface area contributed by atoms with Crippen LogP contribution < -0.4 is 5.73 Å². The summed E-state index contributed by atoms with van der Waals surface area (Å²) in [4.78, 5) is 13.9. The lowest BCUT2D eigenvalue weighted by Gasteiger charge is -1.94. The normalized spacial score (nSPS) is 12.9. The summed E-state index contributed by atoms with van der Waals surface area (Å²) in [6.45, 7) is 1.66. The van der Waals surface area contributed by atoms with Crippen molar-refractivity contribution in [3.05, 3.63) is 17.8 Å². The molecule has 0 amide bonds. The zero-order valence-electron chi connectivity index (χ0n) is 5.94. The number of nitrogens with two attached hydrogens (primary N) is 1. The molecule has 1 unspecified atom stereocenters. The van der Waals surface area contributed by atoms with Gasteiger partial charge in [-0.2, -0.15) is 0 Å². The van der Waals surface area contributed by atoms with Crippen LogP contribution in [0.1, 0.15) is 29.4 Å². The Kier molecular flexibility index (Phi) is 1.91. The second-order valence-corrected chi connectivity index (χ2v) is 2.16. The van der Waals surface area contributed by atoms with Crippen LogP contribution in [0.4, 0.5) is 0 Å². The van der Waals surface area contributed by atoms with Crippen molar-refractivity contribution >= 4 is 5.97 Å². The number of aromatic nitrogens is 1. The van der Waals surface area contributed by atoms with Gasteiger partial charge in [0.15, 0.2) is 0 Å². The number of rotatable bonds is 2. The molecule has 1 aromatic rings. The van der Waals surface area contributed by atoms with Crippen molar-refractivity contribution < 1.29 is 14.3 Å². The molecule has 1 heterocycles. The molecule has 5 heteroatoms. The molecular formula is C6H8N2O3. The van der Waals surface area contributed by atoms with Crippen LogP contribution in [-0.4, -0.2) is 16.1 Å². The van der Waals surface area contributed by atoms with Gasteiger partial charge < -0.3 is 15.3 Å². The molecule has 0 bridgehead atoms. The fourth-order valence-electron chi connectivity index (χ4n) is 0.597. The van der Waals surface area contributed by atoms with Crippen molar-refractivity contribution in [3.63, 3.8) is 0 Å². The van der Waals surface area contributed by atoms with E-state index in [4.69, 9.17) is 15.3 Å². The second-order valence-electron chi connectivity index (χ2n) is 2.16. The number of hydrogen-bond acceptors (Lipinski definition) is 4. The van der Waals surface area contributed by atoms with Gasteiger partial charge in [-0.1, -0.05) is 0 Å². The Bertz CT molecular complexity index is 267. The molecule has 0 saturated carbocycles. The molecule has 0 fully saturated rings. The summed E-state index contributed by atoms with van der Waals surface area (Å²) in [6, 6.07) is -0.372. The topological polar surface area (TPSA) is 89.3 Å². The fraction of sp³-hybridized carbons (Fsp3) is 0.333. The van der Waals surface area contributed by atoms with Crippen LogP contribution in [0.25, 0.3) is 0 Å². The molecule has 1 aromatic heterocycles. The van der Waals surface area contributed by atoms with Crippen LogP contribution in [-0.2, 0) is 0 Å². The number of carbonyl (C=O) groups is 1. The van der Waals surface area contributed by atoms with Crippen molar-refractivity contribution in [2.75, 3.05) is 0 Å². The van der Waals surface area contributed by atoms with E-state index in [1.807, 2.05) is 0 Å². The molecule has 0 aliphatic heterocycles. The standard InChI is InChI=1S/C6H8N2O3/c1-3(7)5-8-2-4(11-5)6(9)10/h2-3H,7H2,1H3,(H,9,10). The molecular weight excluding hydrogens is 148 g/mol. The van der Waals surface area contributed by atoms with Gasteiger partial charge in [-0.15, -0.1) is 0 Å². The predicted molar refractivity (Wildman–Crippen MR) is 36.1 cm³/mol. The second kappa shape index (κ2) is 2.71. The third-order valence-corrected chi connectivity index (χ3v) is 1.12. The van der Waals surface area contributed by atoms with E-state index in [0.717, 1.165) is 6.20 Å². The number of hydrogen-bond donors (Lipinski definition) is 2. The van der Waals surface area contributed by atoms with Gasteiger partial charge in [-0.05, 0) is 6.92 Å². The summed E-state index contributed by atoms with van der Waals surface area (Å²) in [5, 5.41) is 8.41. The Morgan fingerprint density at radius 1 is 1.91 bits per heavy atom. The molecule has 11 heavy (non-hydrogen) atoms. The maximum Gasteiger partial charge on any atom is 0.373 e. The molecule has 0 radical (unpaired) electrons. The average molecular weight is 156 g/mol. The summed E-state index contributed by atoms with van der Waals surface area (Å²) >= 11 is 0. The monoisotopic (exact) mass is 156 g/mol. The van der Waals surface area contributed by atoms with Crippen molar-refractivity contribution in [1.82, 2.24) is 4.98 Å². The quantitative estimate of drug-likeness (QED) is 0.646. The van der Waals surface area contributed by atoms with Gasteiger partial charge in [0.2, 0.25) is 11.7 Å². The van der Waals surface area contributed by atoms with Crippen LogP contribution in [0, 0.1) is 0 Å². The first kappa shape index (κ1) is 7.74. The molecule has 0 spiro atoms. The van der Waals surface area contributed by atoms with Crippen LogP contribution in [0.5, 0.6) is 0 Å². The van der Waals surface area contributed by atoms with Gasteiger partial charge in [0, 0.05) is 0 Å². The summed E-state index contributed by atoms with van der Waals surface area (Å²) in [7, 11) is 0. The van der Waals surface area contributed by atoms with Crippen molar-refractivity contribution in [2.24, 2.45) is 5.73 Å². The van der Waals surface area contributed by atoms with Crippen molar-refractivity contribution in [1.29, 1.82) is 0 Å². The molecule has 3 N–H and O–H groups in total. The highest BCUT2D eigenvalue weighted by Gasteiger charge is 2.12. The highest BCUT2D eigenvalue weighted by molar-refractivity contribution is 5.83. The summed E-state index contributed by atoms with van der Waals surface area (Å²) in [5.74, 6) is -1.08. The average Bonchev–Trinajstić information content (AvgIpc) is 2.33. The molecule has 0 saturated heterocycles. The lowest BCUT2D eigenvalue weighted by molar-refractivity contribution is 0.0660. The predicted octanol–water partition coefficient (Wildman–Crippen LogP) is 0.393. The third-order valence-electron chi connectivity index (χ3n) is 1.12. The Balaban J connectivity index is 2.90. The molecule has 60 valence electrons. The maximum absolute atomic E-state index is 10.3. The largest absolute Gasteiger partial charge is 0.475 e. The zero-order chi connectivity index (χ0) is 8.43. The van der Waals surface area contributed by atoms with Crippen molar-refractivity contribution in [2.45, 2.75) is 13.0 Å². The molecule has 0 aliphatic carbocycles. The first-order valence-corrected chi connectivity index (χ1v) is 3.06. The Morgan fingerprint density at radius 3 is 2.82 bits per heavy atom. The van der Waals surface area contributed by atoms with E-state index in [1.54, 1.807) is 6.92 Å². The van der Waals surface area contributed by atoms with E-state index in [2.05, 4.69) is 4.98 Å². The molecule has 1 atom stereocenters.